The Morgan fingerprint density at radius 1 is 0.485 bits per heavy atom. The summed E-state index contributed by atoms with van der Waals surface area (Å²) >= 11 is 1.94. The van der Waals surface area contributed by atoms with Gasteiger partial charge in [0.2, 0.25) is 0 Å². The summed E-state index contributed by atoms with van der Waals surface area (Å²) in [7, 11) is 0. The summed E-state index contributed by atoms with van der Waals surface area (Å²) in [5.41, 5.74) is 4.44. The Labute approximate surface area is 201 Å². The van der Waals surface area contributed by atoms with Crippen LogP contribution in [-0.4, -0.2) is 21.7 Å². The third-order valence-electron chi connectivity index (χ3n) is 6.13. The van der Waals surface area contributed by atoms with Crippen molar-refractivity contribution in [2.45, 2.75) is 24.7 Å². The van der Waals surface area contributed by atoms with Gasteiger partial charge >= 0.3 is 0 Å². The van der Waals surface area contributed by atoms with E-state index in [9.17, 15) is 10.2 Å². The number of aromatic hydroxyl groups is 2. The first-order valence-electron chi connectivity index (χ1n) is 11.5. The monoisotopic (exact) mass is 454 g/mol. The first-order valence-corrected chi connectivity index (χ1v) is 12.6. The number of hydrogen-bond acceptors (Lipinski definition) is 3. The molecule has 168 valence electrons. The van der Waals surface area contributed by atoms with Crippen LogP contribution in [0.2, 0.25) is 0 Å². The Morgan fingerprint density at radius 3 is 1.24 bits per heavy atom. The van der Waals surface area contributed by atoms with Gasteiger partial charge in [-0.05, 0) is 47.6 Å². The van der Waals surface area contributed by atoms with Crippen molar-refractivity contribution in [2.75, 3.05) is 11.5 Å². The Morgan fingerprint density at radius 2 is 0.848 bits per heavy atom. The first kappa shape index (κ1) is 23.0. The third kappa shape index (κ3) is 6.00. The molecular weight excluding hydrogens is 424 g/mol. The molecule has 2 unspecified atom stereocenters. The summed E-state index contributed by atoms with van der Waals surface area (Å²) in [6.07, 6.45) is 1.91. The van der Waals surface area contributed by atoms with Gasteiger partial charge < -0.3 is 10.2 Å². The lowest BCUT2D eigenvalue weighted by Gasteiger charge is -2.21. The number of phenolic OH excluding ortho intramolecular Hbond substituents is 2. The van der Waals surface area contributed by atoms with Gasteiger partial charge in [0, 0.05) is 23.0 Å². The van der Waals surface area contributed by atoms with Crippen LogP contribution in [0.15, 0.2) is 109 Å². The number of phenols is 2. The summed E-state index contributed by atoms with van der Waals surface area (Å²) in [5.74, 6) is 3.05. The molecular formula is C30H30O2S. The van der Waals surface area contributed by atoms with Gasteiger partial charge in [-0.2, -0.15) is 11.8 Å². The molecule has 0 aliphatic rings. The SMILES string of the molecule is Oc1ccccc1C(CCSCCC(c1ccccc1)c1ccccc1O)c1ccccc1. The van der Waals surface area contributed by atoms with Gasteiger partial charge in [0.25, 0.3) is 0 Å². The van der Waals surface area contributed by atoms with Crippen LogP contribution in [-0.2, 0) is 0 Å². The van der Waals surface area contributed by atoms with Crippen LogP contribution >= 0.6 is 11.8 Å². The summed E-state index contributed by atoms with van der Waals surface area (Å²) in [5, 5.41) is 20.9. The van der Waals surface area contributed by atoms with Crippen LogP contribution in [0.1, 0.15) is 46.9 Å². The molecule has 0 aliphatic carbocycles. The van der Waals surface area contributed by atoms with Crippen molar-refractivity contribution in [3.05, 3.63) is 131 Å². The van der Waals surface area contributed by atoms with Crippen molar-refractivity contribution >= 4 is 11.8 Å². The smallest absolute Gasteiger partial charge is 0.119 e. The molecule has 0 bridgehead atoms. The molecule has 0 spiro atoms. The van der Waals surface area contributed by atoms with Gasteiger partial charge in [0.1, 0.15) is 11.5 Å². The van der Waals surface area contributed by atoms with E-state index in [1.165, 1.54) is 11.1 Å². The zero-order valence-electron chi connectivity index (χ0n) is 18.7. The highest BCUT2D eigenvalue weighted by atomic mass is 32.2. The molecule has 0 saturated carbocycles. The zero-order chi connectivity index (χ0) is 22.9. The van der Waals surface area contributed by atoms with E-state index in [-0.39, 0.29) is 11.8 Å². The maximum absolute atomic E-state index is 10.5. The molecule has 2 nitrogen and oxygen atoms in total. The summed E-state index contributed by atoms with van der Waals surface area (Å²) < 4.78 is 0. The van der Waals surface area contributed by atoms with Gasteiger partial charge in [-0.25, -0.2) is 0 Å². The predicted octanol–water partition coefficient (Wildman–Crippen LogP) is 7.58. The molecule has 0 saturated heterocycles. The minimum atomic E-state index is 0.169. The van der Waals surface area contributed by atoms with Crippen molar-refractivity contribution in [3.63, 3.8) is 0 Å². The number of hydrogen-bond donors (Lipinski definition) is 2. The van der Waals surface area contributed by atoms with Crippen molar-refractivity contribution in [1.82, 2.24) is 0 Å². The van der Waals surface area contributed by atoms with Gasteiger partial charge in [-0.3, -0.25) is 0 Å². The molecule has 0 aliphatic heterocycles. The lowest BCUT2D eigenvalue weighted by atomic mass is 9.88. The summed E-state index contributed by atoms with van der Waals surface area (Å²) in [4.78, 5) is 0. The first-order chi connectivity index (χ1) is 16.2. The molecule has 0 heterocycles. The molecule has 0 aromatic heterocycles. The van der Waals surface area contributed by atoms with Crippen LogP contribution in [0.5, 0.6) is 11.5 Å². The molecule has 2 N–H and O–H groups in total. The van der Waals surface area contributed by atoms with E-state index in [0.29, 0.717) is 11.5 Å². The second kappa shape index (κ2) is 11.6. The Bertz CT molecular complexity index is 1040. The van der Waals surface area contributed by atoms with Gasteiger partial charge in [0.05, 0.1) is 0 Å². The predicted molar refractivity (Wildman–Crippen MR) is 139 cm³/mol. The number of para-hydroxylation sites is 2. The van der Waals surface area contributed by atoms with Crippen LogP contribution in [0, 0.1) is 0 Å². The zero-order valence-corrected chi connectivity index (χ0v) is 19.5. The quantitative estimate of drug-likeness (QED) is 0.243. The average molecular weight is 455 g/mol. The summed E-state index contributed by atoms with van der Waals surface area (Å²) in [6.45, 7) is 0. The number of benzene rings is 4. The van der Waals surface area contributed by atoms with E-state index in [0.717, 1.165) is 35.5 Å². The molecule has 4 aromatic rings. The van der Waals surface area contributed by atoms with E-state index >= 15 is 0 Å². The van der Waals surface area contributed by atoms with Crippen molar-refractivity contribution in [1.29, 1.82) is 0 Å². The molecule has 2 atom stereocenters. The minimum absolute atomic E-state index is 0.169. The number of thioether (sulfide) groups is 1. The van der Waals surface area contributed by atoms with Crippen LogP contribution < -0.4 is 0 Å². The lowest BCUT2D eigenvalue weighted by molar-refractivity contribution is 0.463. The van der Waals surface area contributed by atoms with E-state index in [4.69, 9.17) is 0 Å². The molecule has 3 heteroatoms. The fourth-order valence-corrected chi connectivity index (χ4v) is 5.45. The van der Waals surface area contributed by atoms with E-state index in [1.54, 1.807) is 12.1 Å². The Hall–Kier alpha value is -3.17. The lowest BCUT2D eigenvalue weighted by Crippen LogP contribution is -2.05. The second-order valence-electron chi connectivity index (χ2n) is 8.23. The highest BCUT2D eigenvalue weighted by Gasteiger charge is 2.19. The minimum Gasteiger partial charge on any atom is -0.508 e. The standard InChI is InChI=1S/C30H30O2S/c31-29-17-9-7-15-27(29)25(23-11-3-1-4-12-23)19-21-33-22-20-26(24-13-5-2-6-14-24)28-16-8-10-18-30(28)32/h1-18,25-26,31-32H,19-22H2. The summed E-state index contributed by atoms with van der Waals surface area (Å²) in [6, 6.07) is 36.2. The molecule has 4 aromatic carbocycles. The molecule has 0 fully saturated rings. The van der Waals surface area contributed by atoms with Crippen molar-refractivity contribution < 1.29 is 10.2 Å². The fourth-order valence-electron chi connectivity index (χ4n) is 4.44. The molecule has 0 amide bonds. The van der Waals surface area contributed by atoms with Gasteiger partial charge in [0.15, 0.2) is 0 Å². The number of rotatable bonds is 10. The van der Waals surface area contributed by atoms with Crippen molar-refractivity contribution in [2.24, 2.45) is 0 Å². The second-order valence-corrected chi connectivity index (χ2v) is 9.46. The van der Waals surface area contributed by atoms with E-state index in [2.05, 4.69) is 48.5 Å². The molecule has 33 heavy (non-hydrogen) atoms. The highest BCUT2D eigenvalue weighted by Crippen LogP contribution is 2.37. The largest absolute Gasteiger partial charge is 0.508 e. The molecule has 0 radical (unpaired) electrons. The maximum Gasteiger partial charge on any atom is 0.119 e. The average Bonchev–Trinajstić information content (AvgIpc) is 2.86. The maximum atomic E-state index is 10.5. The van der Waals surface area contributed by atoms with Crippen molar-refractivity contribution in [3.8, 4) is 11.5 Å². The van der Waals surface area contributed by atoms with E-state index in [1.807, 2.05) is 60.3 Å². The van der Waals surface area contributed by atoms with Gasteiger partial charge in [-0.15, -0.1) is 0 Å². The van der Waals surface area contributed by atoms with Crippen LogP contribution in [0.25, 0.3) is 0 Å². The Balaban J connectivity index is 1.42. The van der Waals surface area contributed by atoms with Gasteiger partial charge in [-0.1, -0.05) is 97.1 Å². The van der Waals surface area contributed by atoms with E-state index < -0.39 is 0 Å². The Kier molecular flexibility index (Phi) is 8.10. The fraction of sp³-hybridized carbons (Fsp3) is 0.200. The topological polar surface area (TPSA) is 40.5 Å². The normalized spacial score (nSPS) is 12.8. The molecule has 4 rings (SSSR count). The van der Waals surface area contributed by atoms with Crippen LogP contribution in [0.3, 0.4) is 0 Å². The third-order valence-corrected chi connectivity index (χ3v) is 7.18. The van der Waals surface area contributed by atoms with Crippen LogP contribution in [0.4, 0.5) is 0 Å². The highest BCUT2D eigenvalue weighted by molar-refractivity contribution is 7.99.